The molecular formula is C22H17ClN2O3. The molecule has 4 rings (SSSR count). The number of hydrogen-bond acceptors (Lipinski definition) is 4. The normalized spacial score (nSPS) is 11.9. The zero-order chi connectivity index (χ0) is 19.5. The number of ether oxygens (including phenoxy) is 1. The molecule has 0 radical (unpaired) electrons. The molecule has 0 spiro atoms. The van der Waals surface area contributed by atoms with Crippen LogP contribution in [0.1, 0.15) is 6.92 Å². The summed E-state index contributed by atoms with van der Waals surface area (Å²) in [6.45, 7) is 1.70. The predicted molar refractivity (Wildman–Crippen MR) is 110 cm³/mol. The Hall–Kier alpha value is -3.31. The lowest BCUT2D eigenvalue weighted by Gasteiger charge is -2.14. The molecule has 1 N–H and O–H groups in total. The second kappa shape index (κ2) is 7.74. The van der Waals surface area contributed by atoms with E-state index in [1.807, 2.05) is 42.5 Å². The first kappa shape index (κ1) is 18.1. The topological polar surface area (TPSA) is 64.4 Å². The number of carbonyl (C=O) groups is 1. The lowest BCUT2D eigenvalue weighted by molar-refractivity contribution is -0.122. The molecule has 1 amide bonds. The number of amides is 1. The van der Waals surface area contributed by atoms with Crippen molar-refractivity contribution in [1.82, 2.24) is 4.98 Å². The molecular weight excluding hydrogens is 376 g/mol. The number of nitrogens with zero attached hydrogens (tertiary/aromatic N) is 1. The third-order valence-electron chi connectivity index (χ3n) is 4.15. The molecule has 0 aliphatic heterocycles. The second-order valence-corrected chi connectivity index (χ2v) is 6.71. The van der Waals surface area contributed by atoms with Crippen LogP contribution in [-0.4, -0.2) is 17.0 Å². The summed E-state index contributed by atoms with van der Waals surface area (Å²) >= 11 is 6.03. The van der Waals surface area contributed by atoms with Gasteiger partial charge in [0.15, 0.2) is 11.7 Å². The van der Waals surface area contributed by atoms with Crippen molar-refractivity contribution in [2.24, 2.45) is 0 Å². The first-order chi connectivity index (χ1) is 13.6. The number of para-hydroxylation sites is 1. The van der Waals surface area contributed by atoms with E-state index in [1.165, 1.54) is 0 Å². The average Bonchev–Trinajstić information content (AvgIpc) is 3.12. The van der Waals surface area contributed by atoms with Crippen molar-refractivity contribution in [1.29, 1.82) is 0 Å². The third-order valence-corrected chi connectivity index (χ3v) is 4.39. The molecule has 0 aliphatic carbocycles. The summed E-state index contributed by atoms with van der Waals surface area (Å²) in [7, 11) is 0. The van der Waals surface area contributed by atoms with E-state index in [-0.39, 0.29) is 5.91 Å². The Morgan fingerprint density at radius 1 is 1.07 bits per heavy atom. The van der Waals surface area contributed by atoms with E-state index >= 15 is 0 Å². The number of oxazole rings is 1. The van der Waals surface area contributed by atoms with Gasteiger partial charge in [-0.15, -0.1) is 0 Å². The number of fused-ring (bicyclic) bond motifs is 1. The smallest absolute Gasteiger partial charge is 0.265 e. The summed E-state index contributed by atoms with van der Waals surface area (Å²) in [5, 5.41) is 3.45. The summed E-state index contributed by atoms with van der Waals surface area (Å²) in [4.78, 5) is 16.9. The highest BCUT2D eigenvalue weighted by Crippen LogP contribution is 2.28. The van der Waals surface area contributed by atoms with Crippen LogP contribution in [0.25, 0.3) is 22.6 Å². The van der Waals surface area contributed by atoms with Gasteiger partial charge >= 0.3 is 0 Å². The van der Waals surface area contributed by atoms with Crippen molar-refractivity contribution in [2.45, 2.75) is 13.0 Å². The standard InChI is InChI=1S/C22H17ClN2O3/c1-14(27-18-8-3-2-4-9-18)21(26)24-17-10-11-19-20(13-17)28-22(25-19)15-6-5-7-16(23)12-15/h2-14H,1H3,(H,24,26)/t14-/m0/s1. The Labute approximate surface area is 166 Å². The summed E-state index contributed by atoms with van der Waals surface area (Å²) in [5.74, 6) is 0.863. The van der Waals surface area contributed by atoms with Crippen LogP contribution in [0.3, 0.4) is 0 Å². The van der Waals surface area contributed by atoms with Crippen LogP contribution in [0.4, 0.5) is 5.69 Å². The van der Waals surface area contributed by atoms with Gasteiger partial charge in [-0.05, 0) is 49.4 Å². The van der Waals surface area contributed by atoms with E-state index < -0.39 is 6.10 Å². The SMILES string of the molecule is C[C@H](Oc1ccccc1)C(=O)Nc1ccc2nc(-c3cccc(Cl)c3)oc2c1. The van der Waals surface area contributed by atoms with Crippen LogP contribution in [0, 0.1) is 0 Å². The number of rotatable bonds is 5. The molecule has 6 heteroatoms. The minimum Gasteiger partial charge on any atom is -0.481 e. The summed E-state index contributed by atoms with van der Waals surface area (Å²) in [6, 6.07) is 21.8. The summed E-state index contributed by atoms with van der Waals surface area (Å²) < 4.78 is 11.5. The third kappa shape index (κ3) is 4.00. The van der Waals surface area contributed by atoms with E-state index in [4.69, 9.17) is 20.8 Å². The maximum absolute atomic E-state index is 12.4. The maximum atomic E-state index is 12.4. The number of halogens is 1. The van der Waals surface area contributed by atoms with Crippen LogP contribution in [0.5, 0.6) is 5.75 Å². The molecule has 4 aromatic rings. The van der Waals surface area contributed by atoms with Gasteiger partial charge in [0, 0.05) is 22.3 Å². The highest BCUT2D eigenvalue weighted by Gasteiger charge is 2.16. The molecule has 3 aromatic carbocycles. The fourth-order valence-corrected chi connectivity index (χ4v) is 2.94. The fraction of sp³-hybridized carbons (Fsp3) is 0.0909. The molecule has 0 bridgehead atoms. The Morgan fingerprint density at radius 3 is 2.68 bits per heavy atom. The molecule has 1 aromatic heterocycles. The number of carbonyl (C=O) groups excluding carboxylic acids is 1. The summed E-state index contributed by atoms with van der Waals surface area (Å²) in [6.07, 6.45) is -0.644. The molecule has 0 fully saturated rings. The number of nitrogens with one attached hydrogen (secondary N) is 1. The van der Waals surface area contributed by atoms with Crippen LogP contribution < -0.4 is 10.1 Å². The quantitative estimate of drug-likeness (QED) is 0.483. The lowest BCUT2D eigenvalue weighted by atomic mass is 10.2. The highest BCUT2D eigenvalue weighted by atomic mass is 35.5. The Kier molecular flexibility index (Phi) is 5.00. The van der Waals surface area contributed by atoms with Crippen molar-refractivity contribution >= 4 is 34.3 Å². The van der Waals surface area contributed by atoms with Crippen LogP contribution >= 0.6 is 11.6 Å². The Balaban J connectivity index is 1.50. The molecule has 28 heavy (non-hydrogen) atoms. The summed E-state index contributed by atoms with van der Waals surface area (Å²) in [5.41, 5.74) is 2.67. The minimum atomic E-state index is -0.644. The van der Waals surface area contributed by atoms with E-state index in [1.54, 1.807) is 37.3 Å². The minimum absolute atomic E-state index is 0.252. The average molecular weight is 393 g/mol. The van der Waals surface area contributed by atoms with Gasteiger partial charge in [0.25, 0.3) is 5.91 Å². The predicted octanol–water partition coefficient (Wildman–Crippen LogP) is 5.55. The van der Waals surface area contributed by atoms with Crippen molar-refractivity contribution in [3.63, 3.8) is 0 Å². The number of anilines is 1. The van der Waals surface area contributed by atoms with Gasteiger partial charge in [-0.1, -0.05) is 35.9 Å². The van der Waals surface area contributed by atoms with Gasteiger partial charge < -0.3 is 14.5 Å². The Morgan fingerprint density at radius 2 is 1.89 bits per heavy atom. The molecule has 1 atom stereocenters. The molecule has 140 valence electrons. The van der Waals surface area contributed by atoms with E-state index in [9.17, 15) is 4.79 Å². The molecule has 0 unspecified atom stereocenters. The van der Waals surface area contributed by atoms with E-state index in [0.717, 1.165) is 5.56 Å². The number of benzene rings is 3. The second-order valence-electron chi connectivity index (χ2n) is 6.27. The van der Waals surface area contributed by atoms with Crippen molar-refractivity contribution < 1.29 is 13.9 Å². The molecule has 0 saturated carbocycles. The maximum Gasteiger partial charge on any atom is 0.265 e. The zero-order valence-electron chi connectivity index (χ0n) is 15.1. The highest BCUT2D eigenvalue weighted by molar-refractivity contribution is 6.30. The van der Waals surface area contributed by atoms with Gasteiger partial charge in [-0.2, -0.15) is 0 Å². The van der Waals surface area contributed by atoms with Crippen LogP contribution in [0.15, 0.2) is 77.2 Å². The largest absolute Gasteiger partial charge is 0.481 e. The van der Waals surface area contributed by atoms with E-state index in [0.29, 0.717) is 33.4 Å². The van der Waals surface area contributed by atoms with E-state index in [2.05, 4.69) is 10.3 Å². The Bertz CT molecular complexity index is 1130. The van der Waals surface area contributed by atoms with Crippen LogP contribution in [-0.2, 0) is 4.79 Å². The fourth-order valence-electron chi connectivity index (χ4n) is 2.75. The van der Waals surface area contributed by atoms with Gasteiger partial charge in [-0.25, -0.2) is 4.98 Å². The van der Waals surface area contributed by atoms with Crippen LogP contribution in [0.2, 0.25) is 5.02 Å². The van der Waals surface area contributed by atoms with Crippen molar-refractivity contribution in [3.05, 3.63) is 77.8 Å². The molecule has 0 aliphatic rings. The molecule has 5 nitrogen and oxygen atoms in total. The number of aromatic nitrogens is 1. The molecule has 1 heterocycles. The monoisotopic (exact) mass is 392 g/mol. The number of hydrogen-bond donors (Lipinski definition) is 1. The zero-order valence-corrected chi connectivity index (χ0v) is 15.8. The first-order valence-corrected chi connectivity index (χ1v) is 9.15. The van der Waals surface area contributed by atoms with Gasteiger partial charge in [0.1, 0.15) is 11.3 Å². The van der Waals surface area contributed by atoms with Gasteiger partial charge in [0.2, 0.25) is 5.89 Å². The van der Waals surface area contributed by atoms with Gasteiger partial charge in [-0.3, -0.25) is 4.79 Å². The van der Waals surface area contributed by atoms with Gasteiger partial charge in [0.05, 0.1) is 0 Å². The van der Waals surface area contributed by atoms with Crippen molar-refractivity contribution in [2.75, 3.05) is 5.32 Å². The lowest BCUT2D eigenvalue weighted by Crippen LogP contribution is -2.30. The molecule has 0 saturated heterocycles. The first-order valence-electron chi connectivity index (χ1n) is 8.77. The van der Waals surface area contributed by atoms with Crippen molar-refractivity contribution in [3.8, 4) is 17.2 Å².